The van der Waals surface area contributed by atoms with Gasteiger partial charge in [0.25, 0.3) is 5.91 Å². The van der Waals surface area contributed by atoms with Crippen LogP contribution in [0.15, 0.2) is 54.6 Å². The molecular formula is C18H13N3O3. The Labute approximate surface area is 136 Å². The summed E-state index contributed by atoms with van der Waals surface area (Å²) in [6.45, 7) is 0. The van der Waals surface area contributed by atoms with E-state index in [9.17, 15) is 9.90 Å². The van der Waals surface area contributed by atoms with E-state index >= 15 is 0 Å². The smallest absolute Gasteiger partial charge is 0.274 e. The number of fused-ring (bicyclic) bond motifs is 2. The minimum Gasteiger partial charge on any atom is -0.507 e. The van der Waals surface area contributed by atoms with Gasteiger partial charge < -0.3 is 10.1 Å². The molecule has 24 heavy (non-hydrogen) atoms. The van der Waals surface area contributed by atoms with Crippen molar-refractivity contribution in [1.82, 2.24) is 15.4 Å². The van der Waals surface area contributed by atoms with Crippen molar-refractivity contribution in [2.45, 2.75) is 0 Å². The number of rotatable bonds is 2. The Hall–Kier alpha value is -3.38. The molecule has 0 saturated carbocycles. The molecule has 0 aliphatic carbocycles. The average Bonchev–Trinajstić information content (AvgIpc) is 3.03. The first kappa shape index (κ1) is 14.2. The Kier molecular flexibility index (Phi) is 3.18. The Morgan fingerprint density at radius 2 is 1.92 bits per heavy atom. The fraction of sp³-hybridized carbons (Fsp3) is 0. The number of carbonyl (C=O) groups is 1. The first-order chi connectivity index (χ1) is 11.7. The highest BCUT2D eigenvalue weighted by Gasteiger charge is 2.14. The van der Waals surface area contributed by atoms with Gasteiger partial charge in [-0.3, -0.25) is 10.0 Å². The second kappa shape index (κ2) is 5.36. The summed E-state index contributed by atoms with van der Waals surface area (Å²) >= 11 is 0. The van der Waals surface area contributed by atoms with Crippen LogP contribution in [0.2, 0.25) is 0 Å². The van der Waals surface area contributed by atoms with E-state index in [1.807, 2.05) is 30.3 Å². The number of hydrogen-bond acceptors (Lipinski definition) is 4. The number of amides is 1. The second-order valence-electron chi connectivity index (χ2n) is 5.44. The van der Waals surface area contributed by atoms with Crippen LogP contribution in [0.4, 0.5) is 0 Å². The van der Waals surface area contributed by atoms with E-state index in [0.29, 0.717) is 28.0 Å². The average molecular weight is 319 g/mol. The molecule has 0 aliphatic heterocycles. The van der Waals surface area contributed by atoms with Gasteiger partial charge in [-0.25, -0.2) is 10.5 Å². The molecule has 1 aromatic heterocycles. The number of nitrogens with zero attached hydrogens (tertiary/aromatic N) is 1. The van der Waals surface area contributed by atoms with E-state index in [0.717, 1.165) is 10.8 Å². The molecule has 0 radical (unpaired) electrons. The van der Waals surface area contributed by atoms with Crippen molar-refractivity contribution in [1.29, 1.82) is 0 Å². The summed E-state index contributed by atoms with van der Waals surface area (Å²) in [5.74, 6) is 0.0444. The summed E-state index contributed by atoms with van der Waals surface area (Å²) in [6, 6.07) is 16.0. The van der Waals surface area contributed by atoms with Crippen LogP contribution in [0.5, 0.6) is 5.75 Å². The maximum atomic E-state index is 11.5. The van der Waals surface area contributed by atoms with Crippen LogP contribution >= 0.6 is 0 Å². The van der Waals surface area contributed by atoms with Crippen LogP contribution in [-0.2, 0) is 0 Å². The molecule has 4 aromatic rings. The third-order valence-corrected chi connectivity index (χ3v) is 3.99. The van der Waals surface area contributed by atoms with Crippen molar-refractivity contribution >= 4 is 27.7 Å². The molecule has 1 amide bonds. The third kappa shape index (κ3) is 2.17. The number of benzene rings is 3. The molecule has 0 bridgehead atoms. The number of aromatic amines is 1. The Morgan fingerprint density at radius 1 is 1.08 bits per heavy atom. The van der Waals surface area contributed by atoms with E-state index < -0.39 is 5.91 Å². The lowest BCUT2D eigenvalue weighted by Crippen LogP contribution is -2.18. The van der Waals surface area contributed by atoms with Crippen molar-refractivity contribution in [2.24, 2.45) is 0 Å². The molecule has 6 heteroatoms. The number of aromatic hydroxyl groups is 1. The van der Waals surface area contributed by atoms with Crippen LogP contribution in [0.1, 0.15) is 10.4 Å². The van der Waals surface area contributed by atoms with Crippen molar-refractivity contribution < 1.29 is 15.1 Å². The maximum Gasteiger partial charge on any atom is 0.274 e. The summed E-state index contributed by atoms with van der Waals surface area (Å²) in [4.78, 5) is 19.2. The van der Waals surface area contributed by atoms with Crippen LogP contribution in [0.25, 0.3) is 33.2 Å². The lowest BCUT2D eigenvalue weighted by Gasteiger charge is -2.06. The van der Waals surface area contributed by atoms with Gasteiger partial charge in [-0.15, -0.1) is 0 Å². The number of carbonyl (C=O) groups excluding carboxylic acids is 1. The van der Waals surface area contributed by atoms with Gasteiger partial charge in [0, 0.05) is 5.56 Å². The maximum absolute atomic E-state index is 11.5. The van der Waals surface area contributed by atoms with Gasteiger partial charge in [0.1, 0.15) is 11.6 Å². The normalized spacial score (nSPS) is 11.0. The van der Waals surface area contributed by atoms with Crippen LogP contribution in [-0.4, -0.2) is 26.2 Å². The summed E-state index contributed by atoms with van der Waals surface area (Å²) in [5, 5.41) is 20.9. The molecule has 0 atom stereocenters. The first-order valence-corrected chi connectivity index (χ1v) is 7.32. The molecule has 1 heterocycles. The summed E-state index contributed by atoms with van der Waals surface area (Å²) < 4.78 is 0. The fourth-order valence-electron chi connectivity index (χ4n) is 2.84. The summed E-state index contributed by atoms with van der Waals surface area (Å²) in [5.41, 5.74) is 3.82. The van der Waals surface area contributed by atoms with E-state index in [1.165, 1.54) is 0 Å². The quantitative estimate of drug-likeness (QED) is 0.337. The molecule has 0 aliphatic rings. The highest BCUT2D eigenvalue weighted by Crippen LogP contribution is 2.35. The van der Waals surface area contributed by atoms with Gasteiger partial charge in [-0.2, -0.15) is 0 Å². The number of hydroxylamine groups is 1. The molecule has 118 valence electrons. The number of hydrogen-bond donors (Lipinski definition) is 4. The summed E-state index contributed by atoms with van der Waals surface area (Å²) in [7, 11) is 0. The minimum absolute atomic E-state index is 0.126. The van der Waals surface area contributed by atoms with E-state index in [4.69, 9.17) is 5.21 Å². The minimum atomic E-state index is -0.596. The van der Waals surface area contributed by atoms with Crippen LogP contribution in [0.3, 0.4) is 0 Å². The Morgan fingerprint density at radius 3 is 2.75 bits per heavy atom. The van der Waals surface area contributed by atoms with E-state index in [1.54, 1.807) is 29.7 Å². The lowest BCUT2D eigenvalue weighted by atomic mass is 10.0. The zero-order valence-corrected chi connectivity index (χ0v) is 12.4. The number of nitrogens with one attached hydrogen (secondary N) is 2. The number of phenolic OH excluding ortho intramolecular Hbond substituents is 1. The zero-order chi connectivity index (χ0) is 16.7. The molecule has 3 aromatic carbocycles. The highest BCUT2D eigenvalue weighted by atomic mass is 16.5. The number of H-pyrrole nitrogens is 1. The van der Waals surface area contributed by atoms with Gasteiger partial charge in [0.2, 0.25) is 0 Å². The SMILES string of the molecule is O=C(NO)c1ccc2nc(-c3c(O)ccc4ccccc34)[nH]c2c1. The standard InChI is InChI=1S/C18H13N3O3/c22-15-8-6-10-3-1-2-4-12(10)16(15)17-19-13-7-5-11(18(23)21-24)9-14(13)20-17/h1-9,22,24H,(H,19,20)(H,21,23). The number of aromatic nitrogens is 2. The second-order valence-corrected chi connectivity index (χ2v) is 5.44. The number of imidazole rings is 1. The van der Waals surface area contributed by atoms with E-state index in [-0.39, 0.29) is 5.75 Å². The van der Waals surface area contributed by atoms with Gasteiger partial charge >= 0.3 is 0 Å². The molecular weight excluding hydrogens is 306 g/mol. The van der Waals surface area contributed by atoms with Crippen molar-refractivity contribution in [3.63, 3.8) is 0 Å². The molecule has 0 unspecified atom stereocenters. The van der Waals surface area contributed by atoms with Crippen LogP contribution < -0.4 is 5.48 Å². The first-order valence-electron chi connectivity index (χ1n) is 7.32. The lowest BCUT2D eigenvalue weighted by molar-refractivity contribution is 0.0706. The largest absolute Gasteiger partial charge is 0.507 e. The Bertz CT molecular complexity index is 1090. The summed E-state index contributed by atoms with van der Waals surface area (Å²) in [6.07, 6.45) is 0. The molecule has 4 N–H and O–H groups in total. The fourth-order valence-corrected chi connectivity index (χ4v) is 2.84. The predicted octanol–water partition coefficient (Wildman–Crippen LogP) is 3.21. The molecule has 0 saturated heterocycles. The monoisotopic (exact) mass is 319 g/mol. The van der Waals surface area contributed by atoms with Crippen molar-refractivity contribution in [3.8, 4) is 17.1 Å². The Balaban J connectivity index is 1.94. The van der Waals surface area contributed by atoms with Crippen LogP contribution in [0, 0.1) is 0 Å². The van der Waals surface area contributed by atoms with E-state index in [2.05, 4.69) is 9.97 Å². The number of phenols is 1. The van der Waals surface area contributed by atoms with Crippen molar-refractivity contribution in [2.75, 3.05) is 0 Å². The molecule has 6 nitrogen and oxygen atoms in total. The predicted molar refractivity (Wildman–Crippen MR) is 90.0 cm³/mol. The third-order valence-electron chi connectivity index (χ3n) is 3.99. The topological polar surface area (TPSA) is 98.2 Å². The zero-order valence-electron chi connectivity index (χ0n) is 12.4. The molecule has 4 rings (SSSR count). The van der Waals surface area contributed by atoms with Gasteiger partial charge in [-0.1, -0.05) is 30.3 Å². The highest BCUT2D eigenvalue weighted by molar-refractivity contribution is 6.00. The van der Waals surface area contributed by atoms with Gasteiger partial charge in [0.05, 0.1) is 16.6 Å². The van der Waals surface area contributed by atoms with Crippen molar-refractivity contribution in [3.05, 3.63) is 60.2 Å². The van der Waals surface area contributed by atoms with Gasteiger partial charge in [-0.05, 0) is 35.0 Å². The molecule has 0 spiro atoms. The van der Waals surface area contributed by atoms with Gasteiger partial charge in [0.15, 0.2) is 0 Å². The molecule has 0 fully saturated rings.